The Labute approximate surface area is 160 Å². The average molecular weight is 387 g/mol. The highest BCUT2D eigenvalue weighted by Crippen LogP contribution is 2.31. The third-order valence-corrected chi connectivity index (χ3v) is 4.38. The summed E-state index contributed by atoms with van der Waals surface area (Å²) in [5.41, 5.74) is 1.33. The van der Waals surface area contributed by atoms with Gasteiger partial charge < -0.3 is 20.4 Å². The van der Waals surface area contributed by atoms with E-state index in [0.29, 0.717) is 6.61 Å². The normalized spacial score (nSPS) is 15.6. The Morgan fingerprint density at radius 3 is 2.48 bits per heavy atom. The Bertz CT molecular complexity index is 636. The summed E-state index contributed by atoms with van der Waals surface area (Å²) in [5, 5.41) is 6.33. The number of aromatic nitrogens is 2. The molecule has 0 unspecified atom stereocenters. The van der Waals surface area contributed by atoms with E-state index < -0.39 is 5.41 Å². The number of carbonyl (C=O) groups is 1. The van der Waals surface area contributed by atoms with E-state index in [1.54, 1.807) is 19.5 Å². The molecule has 0 bridgehead atoms. The molecule has 1 aromatic carbocycles. The monoisotopic (exact) mass is 386 g/mol. The Morgan fingerprint density at radius 1 is 1.24 bits per heavy atom. The fraction of sp³-hybridized carbons (Fsp3) is 0.412. The SMILES string of the molecule is COCC1(C(=O)Nc2ccc(-c3ncc[nH]3)cc2)CCNCC1.Cl.Cl. The number of rotatable bonds is 5. The molecule has 1 amide bonds. The number of nitrogens with one attached hydrogen (secondary N) is 3. The number of carbonyl (C=O) groups excluding carboxylic acids is 1. The lowest BCUT2D eigenvalue weighted by atomic mass is 9.78. The van der Waals surface area contributed by atoms with Gasteiger partial charge in [0.15, 0.2) is 0 Å². The zero-order valence-electron chi connectivity index (χ0n) is 14.1. The van der Waals surface area contributed by atoms with E-state index in [1.165, 1.54) is 0 Å². The molecule has 8 heteroatoms. The molecule has 1 fully saturated rings. The third-order valence-electron chi connectivity index (χ3n) is 4.38. The molecule has 1 aliphatic heterocycles. The second-order valence-corrected chi connectivity index (χ2v) is 5.93. The predicted octanol–water partition coefficient (Wildman–Crippen LogP) is 2.88. The first-order valence-electron chi connectivity index (χ1n) is 7.84. The van der Waals surface area contributed by atoms with E-state index in [9.17, 15) is 4.79 Å². The molecule has 2 aromatic rings. The van der Waals surface area contributed by atoms with Crippen LogP contribution in [-0.4, -0.2) is 42.7 Å². The van der Waals surface area contributed by atoms with Gasteiger partial charge in [0.2, 0.25) is 5.91 Å². The van der Waals surface area contributed by atoms with Gasteiger partial charge in [-0.25, -0.2) is 4.98 Å². The van der Waals surface area contributed by atoms with Crippen LogP contribution in [-0.2, 0) is 9.53 Å². The first-order chi connectivity index (χ1) is 11.2. The molecule has 25 heavy (non-hydrogen) atoms. The fourth-order valence-corrected chi connectivity index (χ4v) is 3.02. The summed E-state index contributed by atoms with van der Waals surface area (Å²) in [6, 6.07) is 7.69. The molecule has 1 aliphatic rings. The van der Waals surface area contributed by atoms with Gasteiger partial charge in [-0.15, -0.1) is 24.8 Å². The summed E-state index contributed by atoms with van der Waals surface area (Å²) >= 11 is 0. The summed E-state index contributed by atoms with van der Waals surface area (Å²) in [7, 11) is 1.65. The zero-order chi connectivity index (χ0) is 16.1. The number of imidazole rings is 1. The van der Waals surface area contributed by atoms with Crippen molar-refractivity contribution in [1.82, 2.24) is 15.3 Å². The van der Waals surface area contributed by atoms with E-state index in [2.05, 4.69) is 20.6 Å². The van der Waals surface area contributed by atoms with E-state index in [-0.39, 0.29) is 30.7 Å². The van der Waals surface area contributed by atoms with Crippen LogP contribution in [0.3, 0.4) is 0 Å². The van der Waals surface area contributed by atoms with Crippen LogP contribution in [0.2, 0.25) is 0 Å². The van der Waals surface area contributed by atoms with Crippen molar-refractivity contribution in [3.05, 3.63) is 36.7 Å². The van der Waals surface area contributed by atoms with E-state index in [4.69, 9.17) is 4.74 Å². The molecule has 2 heterocycles. The standard InChI is InChI=1S/C17H22N4O2.2ClH/c1-23-12-17(6-8-18-9-7-17)16(22)21-14-4-2-13(3-5-14)15-19-10-11-20-15;;/h2-5,10-11,18H,6-9,12H2,1H3,(H,19,20)(H,21,22);2*1H. The predicted molar refractivity (Wildman–Crippen MR) is 104 cm³/mol. The van der Waals surface area contributed by atoms with Crippen LogP contribution in [0.4, 0.5) is 5.69 Å². The van der Waals surface area contributed by atoms with Gasteiger partial charge in [0.05, 0.1) is 12.0 Å². The second kappa shape index (κ2) is 9.77. The summed E-state index contributed by atoms with van der Waals surface area (Å²) in [6.07, 6.45) is 5.08. The maximum Gasteiger partial charge on any atom is 0.233 e. The number of hydrogen-bond donors (Lipinski definition) is 3. The van der Waals surface area contributed by atoms with Crippen molar-refractivity contribution in [1.29, 1.82) is 0 Å². The molecule has 6 nitrogen and oxygen atoms in total. The highest BCUT2D eigenvalue weighted by Gasteiger charge is 2.39. The Hall–Kier alpha value is -1.60. The minimum Gasteiger partial charge on any atom is -0.384 e. The van der Waals surface area contributed by atoms with Crippen LogP contribution in [0.25, 0.3) is 11.4 Å². The van der Waals surface area contributed by atoms with Crippen LogP contribution in [0.5, 0.6) is 0 Å². The van der Waals surface area contributed by atoms with E-state index in [1.807, 2.05) is 24.3 Å². The second-order valence-electron chi connectivity index (χ2n) is 5.93. The lowest BCUT2D eigenvalue weighted by Crippen LogP contribution is -2.47. The summed E-state index contributed by atoms with van der Waals surface area (Å²) in [5.74, 6) is 0.851. The third kappa shape index (κ3) is 4.95. The van der Waals surface area contributed by atoms with Gasteiger partial charge >= 0.3 is 0 Å². The van der Waals surface area contributed by atoms with Crippen LogP contribution >= 0.6 is 24.8 Å². The number of nitrogens with zero attached hydrogens (tertiary/aromatic N) is 1. The minimum absolute atomic E-state index is 0. The molecular formula is C17H24Cl2N4O2. The van der Waals surface area contributed by atoms with E-state index in [0.717, 1.165) is 43.0 Å². The maximum atomic E-state index is 12.8. The van der Waals surface area contributed by atoms with Crippen molar-refractivity contribution < 1.29 is 9.53 Å². The summed E-state index contributed by atoms with van der Waals surface area (Å²) < 4.78 is 5.31. The number of halogens is 2. The Balaban J connectivity index is 0.00000156. The smallest absolute Gasteiger partial charge is 0.233 e. The van der Waals surface area contributed by atoms with Crippen LogP contribution < -0.4 is 10.6 Å². The zero-order valence-corrected chi connectivity index (χ0v) is 15.7. The van der Waals surface area contributed by atoms with Gasteiger partial charge in [-0.2, -0.15) is 0 Å². The first-order valence-corrected chi connectivity index (χ1v) is 7.84. The van der Waals surface area contributed by atoms with Gasteiger partial charge in [0.25, 0.3) is 0 Å². The fourth-order valence-electron chi connectivity index (χ4n) is 3.02. The molecular weight excluding hydrogens is 363 g/mol. The number of hydrogen-bond acceptors (Lipinski definition) is 4. The lowest BCUT2D eigenvalue weighted by molar-refractivity contribution is -0.130. The van der Waals surface area contributed by atoms with Crippen molar-refractivity contribution in [3.8, 4) is 11.4 Å². The average Bonchev–Trinajstić information content (AvgIpc) is 3.11. The molecule has 1 aromatic heterocycles. The van der Waals surface area contributed by atoms with Crippen molar-refractivity contribution in [2.45, 2.75) is 12.8 Å². The largest absolute Gasteiger partial charge is 0.384 e. The Kier molecular flexibility index (Phi) is 8.38. The van der Waals surface area contributed by atoms with Crippen molar-refractivity contribution >= 4 is 36.4 Å². The molecule has 0 saturated carbocycles. The van der Waals surface area contributed by atoms with Crippen molar-refractivity contribution in [2.75, 3.05) is 32.1 Å². The molecule has 1 saturated heterocycles. The number of aromatic amines is 1. The number of amides is 1. The van der Waals surface area contributed by atoms with E-state index >= 15 is 0 Å². The molecule has 0 atom stereocenters. The van der Waals surface area contributed by atoms with Crippen LogP contribution in [0.15, 0.2) is 36.7 Å². The van der Waals surface area contributed by atoms with Crippen molar-refractivity contribution in [2.24, 2.45) is 5.41 Å². The van der Waals surface area contributed by atoms with Gasteiger partial charge in [-0.1, -0.05) is 0 Å². The van der Waals surface area contributed by atoms with Gasteiger partial charge in [-0.05, 0) is 50.2 Å². The molecule has 0 aliphatic carbocycles. The summed E-state index contributed by atoms with van der Waals surface area (Å²) in [4.78, 5) is 20.0. The highest BCUT2D eigenvalue weighted by molar-refractivity contribution is 5.95. The lowest BCUT2D eigenvalue weighted by Gasteiger charge is -2.35. The topological polar surface area (TPSA) is 79.0 Å². The van der Waals surface area contributed by atoms with Gasteiger partial charge in [0.1, 0.15) is 5.82 Å². The van der Waals surface area contributed by atoms with Crippen molar-refractivity contribution in [3.63, 3.8) is 0 Å². The number of ether oxygens (including phenoxy) is 1. The van der Waals surface area contributed by atoms with Gasteiger partial charge in [0, 0.05) is 30.8 Å². The van der Waals surface area contributed by atoms with Gasteiger partial charge in [-0.3, -0.25) is 4.79 Å². The first kappa shape index (κ1) is 21.4. The molecule has 3 rings (SSSR count). The maximum absolute atomic E-state index is 12.8. The number of H-pyrrole nitrogens is 1. The highest BCUT2D eigenvalue weighted by atomic mass is 35.5. The number of piperidine rings is 1. The summed E-state index contributed by atoms with van der Waals surface area (Å²) in [6.45, 7) is 2.13. The molecule has 0 spiro atoms. The van der Waals surface area contributed by atoms with Crippen LogP contribution in [0, 0.1) is 5.41 Å². The molecule has 3 N–H and O–H groups in total. The number of anilines is 1. The number of benzene rings is 1. The quantitative estimate of drug-likeness (QED) is 0.737. The Morgan fingerprint density at radius 2 is 1.92 bits per heavy atom. The molecule has 138 valence electrons. The number of methoxy groups -OCH3 is 1. The molecule has 0 radical (unpaired) electrons. The minimum atomic E-state index is -0.445. The van der Waals surface area contributed by atoms with Crippen LogP contribution in [0.1, 0.15) is 12.8 Å².